The van der Waals surface area contributed by atoms with Crippen molar-refractivity contribution in [1.29, 1.82) is 0 Å². The minimum atomic E-state index is -0.186. The summed E-state index contributed by atoms with van der Waals surface area (Å²) < 4.78 is 1.89. The Bertz CT molecular complexity index is 1140. The highest BCUT2D eigenvalue weighted by atomic mass is 16.1. The fraction of sp³-hybridized carbons (Fsp3) is 0.143. The van der Waals surface area contributed by atoms with E-state index in [1.807, 2.05) is 67.8 Å². The molecule has 134 valence electrons. The van der Waals surface area contributed by atoms with E-state index in [0.717, 1.165) is 28.0 Å². The van der Waals surface area contributed by atoms with Gasteiger partial charge in [-0.3, -0.25) is 9.36 Å². The summed E-state index contributed by atoms with van der Waals surface area (Å²) in [5.74, 6) is 1.18. The number of benzene rings is 2. The lowest BCUT2D eigenvalue weighted by Gasteiger charge is -2.09. The van der Waals surface area contributed by atoms with Crippen LogP contribution in [-0.2, 0) is 0 Å². The van der Waals surface area contributed by atoms with Crippen LogP contribution >= 0.6 is 0 Å². The average molecular weight is 357 g/mol. The number of fused-ring (bicyclic) bond motifs is 1. The zero-order valence-electron chi connectivity index (χ0n) is 15.4. The molecule has 6 nitrogen and oxygen atoms in total. The second-order valence-corrected chi connectivity index (χ2v) is 6.42. The van der Waals surface area contributed by atoms with Gasteiger partial charge >= 0.3 is 0 Å². The Hall–Kier alpha value is -3.54. The SMILES string of the molecule is Cc1nc(C)n(-c2ncc(NC(=O)c3cccc4ccccc34)cn2)c1C. The molecule has 0 atom stereocenters. The highest BCUT2D eigenvalue weighted by Crippen LogP contribution is 2.20. The number of carbonyl (C=O) groups excluding carboxylic acids is 1. The van der Waals surface area contributed by atoms with Gasteiger partial charge in [-0.1, -0.05) is 36.4 Å². The number of imidazole rings is 1. The number of nitrogens with one attached hydrogen (secondary N) is 1. The Balaban J connectivity index is 1.61. The number of aryl methyl sites for hydroxylation is 2. The monoisotopic (exact) mass is 357 g/mol. The molecule has 2 aromatic heterocycles. The molecule has 0 saturated heterocycles. The summed E-state index contributed by atoms with van der Waals surface area (Å²) >= 11 is 0. The molecular formula is C21H19N5O. The van der Waals surface area contributed by atoms with Gasteiger partial charge in [0.1, 0.15) is 5.82 Å². The van der Waals surface area contributed by atoms with E-state index in [9.17, 15) is 4.79 Å². The van der Waals surface area contributed by atoms with Gasteiger partial charge in [0, 0.05) is 11.3 Å². The second kappa shape index (κ2) is 6.64. The van der Waals surface area contributed by atoms with Crippen LogP contribution in [0.4, 0.5) is 5.69 Å². The van der Waals surface area contributed by atoms with Crippen molar-refractivity contribution < 1.29 is 4.79 Å². The molecule has 0 saturated carbocycles. The molecule has 0 bridgehead atoms. The third kappa shape index (κ3) is 3.06. The van der Waals surface area contributed by atoms with Crippen molar-refractivity contribution in [2.45, 2.75) is 20.8 Å². The van der Waals surface area contributed by atoms with Crippen molar-refractivity contribution in [1.82, 2.24) is 19.5 Å². The molecular weight excluding hydrogens is 338 g/mol. The molecule has 1 N–H and O–H groups in total. The van der Waals surface area contributed by atoms with Crippen molar-refractivity contribution in [3.05, 3.63) is 77.6 Å². The number of aromatic nitrogens is 4. The van der Waals surface area contributed by atoms with E-state index in [1.165, 1.54) is 0 Å². The Kier molecular flexibility index (Phi) is 4.16. The van der Waals surface area contributed by atoms with E-state index < -0.39 is 0 Å². The first-order valence-corrected chi connectivity index (χ1v) is 8.68. The van der Waals surface area contributed by atoms with Crippen LogP contribution in [0.3, 0.4) is 0 Å². The molecule has 0 radical (unpaired) electrons. The summed E-state index contributed by atoms with van der Waals surface area (Å²) in [6.45, 7) is 5.85. The maximum absolute atomic E-state index is 12.7. The minimum absolute atomic E-state index is 0.186. The molecule has 2 aromatic carbocycles. The van der Waals surface area contributed by atoms with Crippen molar-refractivity contribution in [2.24, 2.45) is 0 Å². The standard InChI is InChI=1S/C21H19N5O/c1-13-14(2)26(15(3)24-13)21-22-11-17(12-23-21)25-20(27)19-10-6-8-16-7-4-5-9-18(16)19/h4-12H,1-3H3,(H,25,27). The number of anilines is 1. The molecule has 0 fully saturated rings. The second-order valence-electron chi connectivity index (χ2n) is 6.42. The van der Waals surface area contributed by atoms with Crippen LogP contribution in [0.25, 0.3) is 16.7 Å². The maximum atomic E-state index is 12.7. The fourth-order valence-electron chi connectivity index (χ4n) is 3.20. The van der Waals surface area contributed by atoms with Gasteiger partial charge in [0.2, 0.25) is 5.95 Å². The van der Waals surface area contributed by atoms with Gasteiger partial charge in [0.05, 0.1) is 23.8 Å². The first kappa shape index (κ1) is 16.9. The van der Waals surface area contributed by atoms with Crippen LogP contribution in [0, 0.1) is 20.8 Å². The molecule has 0 aliphatic rings. The molecule has 4 rings (SSSR count). The summed E-state index contributed by atoms with van der Waals surface area (Å²) in [6, 6.07) is 13.5. The number of nitrogens with zero attached hydrogens (tertiary/aromatic N) is 4. The topological polar surface area (TPSA) is 72.7 Å². The smallest absolute Gasteiger partial charge is 0.256 e. The predicted molar refractivity (Wildman–Crippen MR) is 105 cm³/mol. The molecule has 0 aliphatic carbocycles. The van der Waals surface area contributed by atoms with Gasteiger partial charge in [-0.15, -0.1) is 0 Å². The van der Waals surface area contributed by atoms with E-state index >= 15 is 0 Å². The van der Waals surface area contributed by atoms with Crippen molar-refractivity contribution in [3.8, 4) is 5.95 Å². The van der Waals surface area contributed by atoms with E-state index in [1.54, 1.807) is 12.4 Å². The quantitative estimate of drug-likeness (QED) is 0.602. The Morgan fingerprint density at radius 3 is 2.37 bits per heavy atom. The first-order valence-electron chi connectivity index (χ1n) is 8.68. The van der Waals surface area contributed by atoms with Crippen LogP contribution in [-0.4, -0.2) is 25.4 Å². The zero-order valence-corrected chi connectivity index (χ0v) is 15.4. The number of hydrogen-bond donors (Lipinski definition) is 1. The Morgan fingerprint density at radius 2 is 1.67 bits per heavy atom. The lowest BCUT2D eigenvalue weighted by atomic mass is 10.0. The average Bonchev–Trinajstić information content (AvgIpc) is 2.94. The summed E-state index contributed by atoms with van der Waals surface area (Å²) in [5, 5.41) is 4.81. The molecule has 0 unspecified atom stereocenters. The van der Waals surface area contributed by atoms with Crippen molar-refractivity contribution in [2.75, 3.05) is 5.32 Å². The van der Waals surface area contributed by atoms with E-state index in [0.29, 0.717) is 17.2 Å². The normalized spacial score (nSPS) is 10.9. The van der Waals surface area contributed by atoms with Crippen molar-refractivity contribution >= 4 is 22.4 Å². The molecule has 0 spiro atoms. The molecule has 4 aromatic rings. The van der Waals surface area contributed by atoms with Gasteiger partial charge in [-0.25, -0.2) is 15.0 Å². The van der Waals surface area contributed by atoms with Gasteiger partial charge < -0.3 is 5.32 Å². The van der Waals surface area contributed by atoms with E-state index in [-0.39, 0.29) is 5.91 Å². The van der Waals surface area contributed by atoms with Crippen molar-refractivity contribution in [3.63, 3.8) is 0 Å². The number of rotatable bonds is 3. The first-order chi connectivity index (χ1) is 13.0. The van der Waals surface area contributed by atoms with E-state index in [2.05, 4.69) is 20.3 Å². The summed E-state index contributed by atoms with van der Waals surface area (Å²) in [6.07, 6.45) is 3.22. The third-order valence-electron chi connectivity index (χ3n) is 4.64. The van der Waals surface area contributed by atoms with Gasteiger partial charge in [-0.2, -0.15) is 0 Å². The fourth-order valence-corrected chi connectivity index (χ4v) is 3.20. The zero-order chi connectivity index (χ0) is 19.0. The van der Waals surface area contributed by atoms with Crippen LogP contribution in [0.1, 0.15) is 27.6 Å². The Labute approximate surface area is 156 Å². The highest BCUT2D eigenvalue weighted by Gasteiger charge is 2.13. The number of amides is 1. The maximum Gasteiger partial charge on any atom is 0.256 e. The molecule has 6 heteroatoms. The van der Waals surface area contributed by atoms with Gasteiger partial charge in [-0.05, 0) is 37.6 Å². The molecule has 0 aliphatic heterocycles. The molecule has 27 heavy (non-hydrogen) atoms. The molecule has 1 amide bonds. The van der Waals surface area contributed by atoms with Crippen LogP contribution in [0.5, 0.6) is 0 Å². The minimum Gasteiger partial charge on any atom is -0.319 e. The molecule has 2 heterocycles. The number of hydrogen-bond acceptors (Lipinski definition) is 4. The van der Waals surface area contributed by atoms with Crippen LogP contribution in [0.2, 0.25) is 0 Å². The summed E-state index contributed by atoms with van der Waals surface area (Å²) in [5.41, 5.74) is 3.11. The van der Waals surface area contributed by atoms with Crippen LogP contribution < -0.4 is 5.32 Å². The lowest BCUT2D eigenvalue weighted by molar-refractivity contribution is 0.102. The number of carbonyl (C=O) groups is 1. The summed E-state index contributed by atoms with van der Waals surface area (Å²) in [7, 11) is 0. The third-order valence-corrected chi connectivity index (χ3v) is 4.64. The predicted octanol–water partition coefficient (Wildman–Crippen LogP) is 3.99. The van der Waals surface area contributed by atoms with Crippen LogP contribution in [0.15, 0.2) is 54.9 Å². The summed E-state index contributed by atoms with van der Waals surface area (Å²) in [4.78, 5) is 25.9. The van der Waals surface area contributed by atoms with Gasteiger partial charge in [0.25, 0.3) is 5.91 Å². The lowest BCUT2D eigenvalue weighted by Crippen LogP contribution is -2.13. The van der Waals surface area contributed by atoms with E-state index in [4.69, 9.17) is 0 Å². The largest absolute Gasteiger partial charge is 0.319 e. The van der Waals surface area contributed by atoms with Gasteiger partial charge in [0.15, 0.2) is 0 Å². The highest BCUT2D eigenvalue weighted by molar-refractivity contribution is 6.12. The Morgan fingerprint density at radius 1 is 0.963 bits per heavy atom.